The molecule has 0 aromatic heterocycles. The molecular weight excluding hydrogens is 246 g/mol. The number of carboxylic acids is 1. The maximum atomic E-state index is 10.8. The molecule has 1 aromatic rings. The normalized spacial score (nSPS) is 19.5. The quantitative estimate of drug-likeness (QED) is 0.850. The molecule has 0 saturated carbocycles. The first-order valence-electron chi connectivity index (χ1n) is 6.42. The van der Waals surface area contributed by atoms with Crippen LogP contribution in [0.3, 0.4) is 0 Å². The summed E-state index contributed by atoms with van der Waals surface area (Å²) < 4.78 is 5.08. The average molecular weight is 265 g/mol. The summed E-state index contributed by atoms with van der Waals surface area (Å²) in [7, 11) is 1.52. The van der Waals surface area contributed by atoms with Gasteiger partial charge in [0.05, 0.1) is 13.5 Å². The second-order valence-corrected chi connectivity index (χ2v) is 4.87. The van der Waals surface area contributed by atoms with E-state index in [1.54, 1.807) is 12.1 Å². The number of aliphatic carboxylic acids is 1. The van der Waals surface area contributed by atoms with Gasteiger partial charge in [-0.3, -0.25) is 9.69 Å². The van der Waals surface area contributed by atoms with Crippen molar-refractivity contribution < 1.29 is 19.7 Å². The molecule has 1 aliphatic heterocycles. The molecule has 1 atom stereocenters. The van der Waals surface area contributed by atoms with Crippen LogP contribution in [0.2, 0.25) is 0 Å². The van der Waals surface area contributed by atoms with Gasteiger partial charge in [-0.1, -0.05) is 6.07 Å². The number of carbonyl (C=O) groups is 1. The van der Waals surface area contributed by atoms with Crippen molar-refractivity contribution in [2.45, 2.75) is 31.8 Å². The van der Waals surface area contributed by atoms with Crippen molar-refractivity contribution in [3.05, 3.63) is 23.8 Å². The van der Waals surface area contributed by atoms with E-state index >= 15 is 0 Å². The van der Waals surface area contributed by atoms with Gasteiger partial charge in [0.1, 0.15) is 0 Å². The number of carboxylic acid groups (broad SMARTS) is 1. The molecule has 1 saturated heterocycles. The smallest absolute Gasteiger partial charge is 0.304 e. The number of hydrogen-bond acceptors (Lipinski definition) is 4. The van der Waals surface area contributed by atoms with E-state index in [-0.39, 0.29) is 18.2 Å². The molecule has 5 heteroatoms. The second-order valence-electron chi connectivity index (χ2n) is 4.87. The lowest BCUT2D eigenvalue weighted by atomic mass is 10.1. The molecule has 0 bridgehead atoms. The third-order valence-corrected chi connectivity index (χ3v) is 3.54. The fourth-order valence-corrected chi connectivity index (χ4v) is 2.59. The van der Waals surface area contributed by atoms with E-state index in [1.807, 2.05) is 6.07 Å². The summed E-state index contributed by atoms with van der Waals surface area (Å²) in [6.45, 7) is 1.61. The number of phenols is 1. The van der Waals surface area contributed by atoms with Crippen LogP contribution in [0.25, 0.3) is 0 Å². The van der Waals surface area contributed by atoms with Crippen LogP contribution < -0.4 is 4.74 Å². The van der Waals surface area contributed by atoms with Crippen molar-refractivity contribution in [3.8, 4) is 11.5 Å². The molecule has 2 N–H and O–H groups in total. The van der Waals surface area contributed by atoms with Gasteiger partial charge in [0, 0.05) is 12.6 Å². The highest BCUT2D eigenvalue weighted by Gasteiger charge is 2.26. The number of nitrogens with zero attached hydrogens (tertiary/aromatic N) is 1. The number of ether oxygens (including phenoxy) is 1. The number of benzene rings is 1. The van der Waals surface area contributed by atoms with E-state index in [9.17, 15) is 9.90 Å². The van der Waals surface area contributed by atoms with Crippen molar-refractivity contribution in [1.29, 1.82) is 0 Å². The summed E-state index contributed by atoms with van der Waals surface area (Å²) in [5, 5.41) is 18.4. The molecule has 1 aliphatic rings. The lowest BCUT2D eigenvalue weighted by Crippen LogP contribution is -2.30. The lowest BCUT2D eigenvalue weighted by Gasteiger charge is -2.23. The highest BCUT2D eigenvalue weighted by molar-refractivity contribution is 5.67. The minimum atomic E-state index is -0.750. The molecule has 1 heterocycles. The largest absolute Gasteiger partial charge is 0.504 e. The molecular formula is C14H19NO4. The SMILES string of the molecule is COc1cc(CN2CCCC2CC(=O)O)ccc1O. The van der Waals surface area contributed by atoms with Crippen molar-refractivity contribution in [2.24, 2.45) is 0 Å². The minimum Gasteiger partial charge on any atom is -0.504 e. The molecule has 1 unspecified atom stereocenters. The molecule has 5 nitrogen and oxygen atoms in total. The van der Waals surface area contributed by atoms with E-state index in [1.165, 1.54) is 7.11 Å². The van der Waals surface area contributed by atoms with Gasteiger partial charge >= 0.3 is 5.97 Å². The van der Waals surface area contributed by atoms with Crippen LogP contribution in [0.15, 0.2) is 18.2 Å². The van der Waals surface area contributed by atoms with Gasteiger partial charge in [0.25, 0.3) is 0 Å². The third kappa shape index (κ3) is 3.38. The Hall–Kier alpha value is -1.75. The molecule has 0 spiro atoms. The maximum Gasteiger partial charge on any atom is 0.304 e. The number of rotatable bonds is 5. The molecule has 0 amide bonds. The van der Waals surface area contributed by atoms with Crippen LogP contribution in [0.1, 0.15) is 24.8 Å². The Bertz CT molecular complexity index is 461. The van der Waals surface area contributed by atoms with Gasteiger partial charge in [-0.2, -0.15) is 0 Å². The summed E-state index contributed by atoms with van der Waals surface area (Å²) in [6.07, 6.45) is 2.16. The van der Waals surface area contributed by atoms with Crippen LogP contribution in [0, 0.1) is 0 Å². The first kappa shape index (κ1) is 13.7. The Morgan fingerprint density at radius 3 is 3.00 bits per heavy atom. The molecule has 2 rings (SSSR count). The molecule has 1 fully saturated rings. The monoisotopic (exact) mass is 265 g/mol. The van der Waals surface area contributed by atoms with Crippen molar-refractivity contribution in [3.63, 3.8) is 0 Å². The van der Waals surface area contributed by atoms with Gasteiger partial charge in [-0.25, -0.2) is 0 Å². The molecule has 104 valence electrons. The van der Waals surface area contributed by atoms with Gasteiger partial charge in [0.15, 0.2) is 11.5 Å². The Labute approximate surface area is 112 Å². The van der Waals surface area contributed by atoms with E-state index in [0.29, 0.717) is 12.3 Å². The Morgan fingerprint density at radius 1 is 1.53 bits per heavy atom. The topological polar surface area (TPSA) is 70.0 Å². The van der Waals surface area contributed by atoms with E-state index in [2.05, 4.69) is 4.90 Å². The first-order valence-corrected chi connectivity index (χ1v) is 6.42. The minimum absolute atomic E-state index is 0.109. The molecule has 19 heavy (non-hydrogen) atoms. The summed E-state index contributed by atoms with van der Waals surface area (Å²) in [6, 6.07) is 5.35. The predicted molar refractivity (Wildman–Crippen MR) is 70.3 cm³/mol. The summed E-state index contributed by atoms with van der Waals surface area (Å²) in [5.74, 6) is -0.179. The number of aromatic hydroxyl groups is 1. The summed E-state index contributed by atoms with van der Waals surface area (Å²) >= 11 is 0. The Morgan fingerprint density at radius 2 is 2.32 bits per heavy atom. The zero-order chi connectivity index (χ0) is 13.8. The van der Waals surface area contributed by atoms with Gasteiger partial charge < -0.3 is 14.9 Å². The van der Waals surface area contributed by atoms with Crippen LogP contribution in [-0.2, 0) is 11.3 Å². The van der Waals surface area contributed by atoms with E-state index < -0.39 is 5.97 Å². The number of phenolic OH excluding ortho intramolecular Hbond substituents is 1. The number of likely N-dealkylation sites (tertiary alicyclic amines) is 1. The van der Waals surface area contributed by atoms with Crippen molar-refractivity contribution in [2.75, 3.05) is 13.7 Å². The molecule has 0 aliphatic carbocycles. The fourth-order valence-electron chi connectivity index (χ4n) is 2.59. The van der Waals surface area contributed by atoms with Crippen molar-refractivity contribution >= 4 is 5.97 Å². The van der Waals surface area contributed by atoms with E-state index in [4.69, 9.17) is 9.84 Å². The van der Waals surface area contributed by atoms with Crippen LogP contribution in [0.5, 0.6) is 11.5 Å². The molecule has 0 radical (unpaired) electrons. The third-order valence-electron chi connectivity index (χ3n) is 3.54. The number of methoxy groups -OCH3 is 1. The standard InChI is InChI=1S/C14H19NO4/c1-19-13-7-10(4-5-12(13)16)9-15-6-2-3-11(15)8-14(17)18/h4-5,7,11,16H,2-3,6,8-9H2,1H3,(H,17,18). The van der Waals surface area contributed by atoms with Crippen molar-refractivity contribution in [1.82, 2.24) is 4.90 Å². The van der Waals surface area contributed by atoms with E-state index in [0.717, 1.165) is 24.9 Å². The zero-order valence-corrected chi connectivity index (χ0v) is 11.0. The molecule has 1 aromatic carbocycles. The summed E-state index contributed by atoms with van der Waals surface area (Å²) in [5.41, 5.74) is 1.02. The van der Waals surface area contributed by atoms with Gasteiger partial charge in [-0.05, 0) is 37.1 Å². The summed E-state index contributed by atoms with van der Waals surface area (Å²) in [4.78, 5) is 13.0. The highest BCUT2D eigenvalue weighted by atomic mass is 16.5. The average Bonchev–Trinajstić information content (AvgIpc) is 2.78. The maximum absolute atomic E-state index is 10.8. The second kappa shape index (κ2) is 5.93. The number of hydrogen-bond donors (Lipinski definition) is 2. The first-order chi connectivity index (χ1) is 9.10. The predicted octanol–water partition coefficient (Wildman–Crippen LogP) is 1.84. The van der Waals surface area contributed by atoms with Crippen LogP contribution >= 0.6 is 0 Å². The highest BCUT2D eigenvalue weighted by Crippen LogP contribution is 2.28. The van der Waals surface area contributed by atoms with Crippen LogP contribution in [0.4, 0.5) is 0 Å². The van der Waals surface area contributed by atoms with Gasteiger partial charge in [0.2, 0.25) is 0 Å². The zero-order valence-electron chi connectivity index (χ0n) is 11.0. The van der Waals surface area contributed by atoms with Crippen LogP contribution in [-0.4, -0.2) is 40.8 Å². The lowest BCUT2D eigenvalue weighted by molar-refractivity contribution is -0.138. The van der Waals surface area contributed by atoms with Gasteiger partial charge in [-0.15, -0.1) is 0 Å². The Kier molecular flexibility index (Phi) is 4.27. The Balaban J connectivity index is 2.05. The fraction of sp³-hybridized carbons (Fsp3) is 0.500.